The number of carboxylic acids is 1. The third kappa shape index (κ3) is 20.3. The lowest BCUT2D eigenvalue weighted by Crippen LogP contribution is -2.61. The molecule has 1 fully saturated rings. The number of hydrogen-bond donors (Lipinski definition) is 12. The number of hydrogen-bond acceptors (Lipinski definition) is 12. The van der Waals surface area contributed by atoms with Gasteiger partial charge in [-0.05, 0) is 87.8 Å². The van der Waals surface area contributed by atoms with Crippen LogP contribution in [-0.2, 0) is 56.0 Å². The zero-order chi connectivity index (χ0) is 51.9. The van der Waals surface area contributed by atoms with Crippen molar-refractivity contribution in [2.24, 2.45) is 29.2 Å². The number of aliphatic carboxylic acids is 1. The number of rotatable bonds is 31. The van der Waals surface area contributed by atoms with Crippen molar-refractivity contribution in [2.45, 2.75) is 161 Å². The van der Waals surface area contributed by atoms with Crippen molar-refractivity contribution in [3.05, 3.63) is 54.1 Å². The Morgan fingerprint density at radius 1 is 0.671 bits per heavy atom. The van der Waals surface area contributed by atoms with E-state index in [2.05, 4.69) is 52.5 Å². The van der Waals surface area contributed by atoms with Crippen molar-refractivity contribution < 1.29 is 48.3 Å². The molecule has 1 aliphatic heterocycles. The van der Waals surface area contributed by atoms with Crippen molar-refractivity contribution in [3.63, 3.8) is 0 Å². The molecule has 0 aliphatic carbocycles. The first-order chi connectivity index (χ1) is 33.2. The van der Waals surface area contributed by atoms with Gasteiger partial charge in [-0.1, -0.05) is 71.9 Å². The first kappa shape index (κ1) is 57.9. The highest BCUT2D eigenvalue weighted by Crippen LogP contribution is 2.14. The molecule has 388 valence electrons. The van der Waals surface area contributed by atoms with E-state index < -0.39 is 114 Å². The first-order valence-corrected chi connectivity index (χ1v) is 24.3. The minimum absolute atomic E-state index is 0.0270. The van der Waals surface area contributed by atoms with Crippen molar-refractivity contribution in [2.75, 3.05) is 13.1 Å². The average Bonchev–Trinajstić information content (AvgIpc) is 4.04. The lowest BCUT2D eigenvalue weighted by atomic mass is 9.98. The molecule has 1 saturated heterocycles. The number of nitrogens with one attached hydrogen (secondary N) is 9. The summed E-state index contributed by atoms with van der Waals surface area (Å²) >= 11 is 0. The molecule has 70 heavy (non-hydrogen) atoms. The van der Waals surface area contributed by atoms with E-state index in [0.717, 1.165) is 6.42 Å². The fourth-order valence-electron chi connectivity index (χ4n) is 7.92. The first-order valence-electron chi connectivity index (χ1n) is 24.3. The molecule has 14 N–H and O–H groups in total. The number of nitrogens with zero attached hydrogens (tertiary/aromatic N) is 1. The Morgan fingerprint density at radius 3 is 1.71 bits per heavy atom. The maximum Gasteiger partial charge on any atom is 0.303 e. The molecule has 3 rings (SSSR count). The molecular formula is C48H76N12O10. The molecule has 0 spiro atoms. The second-order valence-electron chi connectivity index (χ2n) is 19.1. The summed E-state index contributed by atoms with van der Waals surface area (Å²) < 4.78 is 0. The van der Waals surface area contributed by atoms with E-state index in [0.29, 0.717) is 43.6 Å². The molecule has 0 unspecified atom stereocenters. The number of nitrogens with two attached hydrogens (primary N) is 2. The van der Waals surface area contributed by atoms with Gasteiger partial charge < -0.3 is 64.1 Å². The maximum atomic E-state index is 14.4. The number of carbonyl (C=O) groups is 9. The third-order valence-electron chi connectivity index (χ3n) is 11.7. The fraction of sp³-hybridized carbons (Fsp3) is 0.625. The summed E-state index contributed by atoms with van der Waals surface area (Å²) in [6.45, 7) is 11.7. The van der Waals surface area contributed by atoms with Gasteiger partial charge in [0.1, 0.15) is 42.3 Å². The van der Waals surface area contributed by atoms with Gasteiger partial charge in [0, 0.05) is 31.2 Å². The van der Waals surface area contributed by atoms with Gasteiger partial charge in [-0.3, -0.25) is 43.2 Å². The molecule has 0 radical (unpaired) electrons. The van der Waals surface area contributed by atoms with Crippen LogP contribution in [0.2, 0.25) is 0 Å². The largest absolute Gasteiger partial charge is 0.481 e. The van der Waals surface area contributed by atoms with Crippen LogP contribution >= 0.6 is 0 Å². The number of primary amides is 1. The summed E-state index contributed by atoms with van der Waals surface area (Å²) in [5.41, 5.74) is 12.6. The number of aromatic amines is 1. The lowest BCUT2D eigenvalue weighted by Gasteiger charge is -2.29. The zero-order valence-corrected chi connectivity index (χ0v) is 41.3. The number of unbranched alkanes of at least 4 members (excludes halogenated alkanes) is 1. The molecule has 0 saturated carbocycles. The van der Waals surface area contributed by atoms with Gasteiger partial charge in [0.25, 0.3) is 0 Å². The molecule has 2 heterocycles. The van der Waals surface area contributed by atoms with Gasteiger partial charge in [-0.25, -0.2) is 4.98 Å². The van der Waals surface area contributed by atoms with E-state index >= 15 is 0 Å². The number of imidazole rings is 1. The Kier molecular flexibility index (Phi) is 24.5. The highest BCUT2D eigenvalue weighted by Gasteiger charge is 2.36. The number of carbonyl (C=O) groups excluding carboxylic acids is 8. The van der Waals surface area contributed by atoms with E-state index in [1.54, 1.807) is 44.2 Å². The second kappa shape index (κ2) is 29.6. The Bertz CT molecular complexity index is 2030. The second-order valence-corrected chi connectivity index (χ2v) is 19.1. The van der Waals surface area contributed by atoms with Crippen molar-refractivity contribution in [1.82, 2.24) is 52.5 Å². The smallest absolute Gasteiger partial charge is 0.303 e. The van der Waals surface area contributed by atoms with Crippen LogP contribution in [0.1, 0.15) is 111 Å². The van der Waals surface area contributed by atoms with Crippen molar-refractivity contribution >= 4 is 53.2 Å². The highest BCUT2D eigenvalue weighted by molar-refractivity contribution is 5.98. The predicted molar refractivity (Wildman–Crippen MR) is 260 cm³/mol. The Labute approximate surface area is 409 Å². The Balaban J connectivity index is 1.86. The van der Waals surface area contributed by atoms with Gasteiger partial charge in [-0.2, -0.15) is 0 Å². The van der Waals surface area contributed by atoms with Crippen LogP contribution in [0.25, 0.3) is 0 Å². The molecule has 2 aromatic rings. The van der Waals surface area contributed by atoms with Crippen LogP contribution in [-0.4, -0.2) is 130 Å². The predicted octanol–water partition coefficient (Wildman–Crippen LogP) is -0.432. The molecule has 8 amide bonds. The highest BCUT2D eigenvalue weighted by atomic mass is 16.4. The number of aromatic nitrogens is 2. The number of carboxylic acid groups (broad SMARTS) is 1. The normalized spacial score (nSPS) is 16.5. The molecular weight excluding hydrogens is 905 g/mol. The van der Waals surface area contributed by atoms with Crippen molar-refractivity contribution in [3.8, 4) is 0 Å². The summed E-state index contributed by atoms with van der Waals surface area (Å²) in [5, 5.41) is 31.5. The zero-order valence-electron chi connectivity index (χ0n) is 41.3. The lowest BCUT2D eigenvalue weighted by molar-refractivity contribution is -0.138. The van der Waals surface area contributed by atoms with Crippen LogP contribution in [0.4, 0.5) is 0 Å². The number of amides is 8. The Morgan fingerprint density at radius 2 is 1.21 bits per heavy atom. The molecule has 0 bridgehead atoms. The minimum atomic E-state index is -1.29. The molecule has 22 nitrogen and oxygen atoms in total. The van der Waals surface area contributed by atoms with Gasteiger partial charge in [0.15, 0.2) is 0 Å². The number of benzene rings is 1. The molecule has 8 atom stereocenters. The van der Waals surface area contributed by atoms with E-state index in [1.165, 1.54) is 12.5 Å². The van der Waals surface area contributed by atoms with Crippen LogP contribution in [0, 0.1) is 17.8 Å². The average molecular weight is 981 g/mol. The van der Waals surface area contributed by atoms with Gasteiger partial charge in [-0.15, -0.1) is 0 Å². The van der Waals surface area contributed by atoms with Crippen LogP contribution in [0.15, 0.2) is 42.9 Å². The van der Waals surface area contributed by atoms with Crippen LogP contribution in [0.3, 0.4) is 0 Å². The molecule has 1 aliphatic rings. The van der Waals surface area contributed by atoms with E-state index in [4.69, 9.17) is 11.5 Å². The van der Waals surface area contributed by atoms with E-state index in [1.807, 2.05) is 27.7 Å². The van der Waals surface area contributed by atoms with Crippen molar-refractivity contribution in [1.29, 1.82) is 0 Å². The van der Waals surface area contributed by atoms with E-state index in [-0.39, 0.29) is 50.4 Å². The monoisotopic (exact) mass is 981 g/mol. The molecule has 1 aromatic carbocycles. The Hall–Kier alpha value is -6.42. The van der Waals surface area contributed by atoms with Crippen LogP contribution in [0.5, 0.6) is 0 Å². The van der Waals surface area contributed by atoms with Gasteiger partial charge in [0.05, 0.1) is 12.4 Å². The fourth-order valence-corrected chi connectivity index (χ4v) is 7.92. The quantitative estimate of drug-likeness (QED) is 0.0428. The van der Waals surface area contributed by atoms with Crippen LogP contribution < -0.4 is 54.0 Å². The van der Waals surface area contributed by atoms with E-state index in [9.17, 15) is 48.3 Å². The summed E-state index contributed by atoms with van der Waals surface area (Å²) in [4.78, 5) is 128. The standard InChI is InChI=1S/C48H76N12O10/c1-27(2)21-36(45(67)56-35(41(50)63)24-31-25-51-26-53-31)57-43(65)33(15-10-11-19-49)55-48(70)40(29(5)6)60-47(69)38(23-30-13-8-7-9-14-30)59-46(68)37(22-28(3)4)58-44(66)34(17-18-39(61)62)54-42(64)32-16-12-20-52-32/h7-9,13-14,25-29,32-38,40,52H,10-12,15-24,49H2,1-6H3,(H2,50,63)(H,51,53)(H,54,64)(H,55,70)(H,56,67)(H,57,65)(H,58,66)(H,59,68)(H,60,69)(H,61,62)/t32-,33-,34-,35-,36-,37-,38-,40-/m0/s1. The summed E-state index contributed by atoms with van der Waals surface area (Å²) in [7, 11) is 0. The summed E-state index contributed by atoms with van der Waals surface area (Å²) in [6.07, 6.45) is 4.91. The SMILES string of the molecule is CC(C)C[C@H](NC(=O)[C@H](CCCCN)NC(=O)[C@@H](NC(=O)[C@H](Cc1ccccc1)NC(=O)[C@H](CC(C)C)NC(=O)[C@H](CCC(=O)O)NC(=O)[C@@H]1CCCN1)C(C)C)C(=O)N[C@@H](Cc1cnc[nH]1)C(N)=O. The maximum absolute atomic E-state index is 14.4. The number of H-pyrrole nitrogens is 1. The summed E-state index contributed by atoms with van der Waals surface area (Å²) in [6, 6.07) is -0.181. The molecule has 22 heteroatoms. The third-order valence-corrected chi connectivity index (χ3v) is 11.7. The van der Waals surface area contributed by atoms with Gasteiger partial charge >= 0.3 is 5.97 Å². The summed E-state index contributed by atoms with van der Waals surface area (Å²) in [5.74, 6) is -7.52. The van der Waals surface area contributed by atoms with Gasteiger partial charge in [0.2, 0.25) is 47.3 Å². The minimum Gasteiger partial charge on any atom is -0.481 e. The molecule has 1 aromatic heterocycles. The topological polar surface area (TPSA) is 351 Å².